The Balaban J connectivity index is 1.72. The number of fused-ring (bicyclic) bond motifs is 1. The number of sulfonamides is 1. The van der Waals surface area contributed by atoms with E-state index in [9.17, 15) is 35.6 Å². The highest BCUT2D eigenvalue weighted by molar-refractivity contribution is 7.90. The number of benzene rings is 2. The van der Waals surface area contributed by atoms with E-state index in [2.05, 4.69) is 15.5 Å². The molecule has 1 aliphatic rings. The number of nitrogens with one attached hydrogen (secondary N) is 2. The Morgan fingerprint density at radius 1 is 1.06 bits per heavy atom. The third-order valence-electron chi connectivity index (χ3n) is 4.63. The molecule has 182 valence electrons. The monoisotopic (exact) mass is 512 g/mol. The van der Waals surface area contributed by atoms with Crippen molar-refractivity contribution in [1.82, 2.24) is 14.9 Å². The summed E-state index contributed by atoms with van der Waals surface area (Å²) >= 11 is 0. The molecule has 2 aromatic carbocycles. The number of halogens is 4. The summed E-state index contributed by atoms with van der Waals surface area (Å²) in [6.07, 6.45) is -4.96. The lowest BCUT2D eigenvalue weighted by Crippen LogP contribution is -2.20. The van der Waals surface area contributed by atoms with Crippen LogP contribution in [0, 0.1) is 5.82 Å². The summed E-state index contributed by atoms with van der Waals surface area (Å²) in [5.74, 6) is -3.72. The van der Waals surface area contributed by atoms with Crippen molar-refractivity contribution in [2.45, 2.75) is 11.1 Å². The normalized spacial score (nSPS) is 14.1. The average molecular weight is 512 g/mol. The Morgan fingerprint density at radius 2 is 1.80 bits per heavy atom. The van der Waals surface area contributed by atoms with Gasteiger partial charge in [0.05, 0.1) is 12.7 Å². The van der Waals surface area contributed by atoms with Crippen molar-refractivity contribution in [3.8, 4) is 17.4 Å². The van der Waals surface area contributed by atoms with E-state index >= 15 is 0 Å². The summed E-state index contributed by atoms with van der Waals surface area (Å²) in [6.45, 7) is 0. The van der Waals surface area contributed by atoms with Crippen LogP contribution in [0.1, 0.15) is 26.4 Å². The molecule has 35 heavy (non-hydrogen) atoms. The Bertz CT molecular complexity index is 1480. The third-order valence-corrected chi connectivity index (χ3v) is 6.00. The summed E-state index contributed by atoms with van der Waals surface area (Å²) in [4.78, 5) is 24.2. The number of alkyl halides is 3. The van der Waals surface area contributed by atoms with Crippen LogP contribution >= 0.6 is 0 Å². The molecule has 0 saturated carbocycles. The number of carbonyl (C=O) groups excluding carboxylic acids is 2. The number of anilines is 1. The molecule has 1 aromatic heterocycles. The van der Waals surface area contributed by atoms with E-state index in [1.54, 1.807) is 4.72 Å². The van der Waals surface area contributed by atoms with Gasteiger partial charge in [-0.15, -0.1) is 10.2 Å². The quantitative estimate of drug-likeness (QED) is 0.498. The molecule has 1 aliphatic heterocycles. The maximum atomic E-state index is 13.5. The van der Waals surface area contributed by atoms with E-state index in [-0.39, 0.29) is 22.7 Å². The predicted octanol–water partition coefficient (Wildman–Crippen LogP) is 3.12. The number of amides is 2. The topological polar surface area (TPSA) is 137 Å². The molecule has 0 atom stereocenters. The Labute approximate surface area is 193 Å². The summed E-state index contributed by atoms with van der Waals surface area (Å²) in [7, 11) is -2.97. The molecule has 15 heteroatoms. The van der Waals surface area contributed by atoms with Crippen LogP contribution in [0.3, 0.4) is 0 Å². The van der Waals surface area contributed by atoms with Crippen molar-refractivity contribution < 1.29 is 45.0 Å². The maximum Gasteiger partial charge on any atom is 0.435 e. The zero-order valence-corrected chi connectivity index (χ0v) is 18.1. The Hall–Kier alpha value is -4.27. The standard InChI is InChI=1S/C20H12F4N4O6S/c1-33-14-6-9(21)2-5-13(14)34-19-12(8-16(26-27-19)20(22,23)24)17(29)25-10-3-4-11-15(7-10)35(31,32)28-18(11)30/h2-8H,1H3,(H,25,29)(H,28,30). The van der Waals surface area contributed by atoms with Crippen molar-refractivity contribution in [3.05, 3.63) is 65.1 Å². The van der Waals surface area contributed by atoms with Gasteiger partial charge in [0.1, 0.15) is 16.3 Å². The van der Waals surface area contributed by atoms with Crippen LogP contribution in [-0.4, -0.2) is 37.5 Å². The van der Waals surface area contributed by atoms with E-state index in [4.69, 9.17) is 9.47 Å². The fraction of sp³-hybridized carbons (Fsp3) is 0.100. The van der Waals surface area contributed by atoms with E-state index in [1.807, 2.05) is 0 Å². The smallest absolute Gasteiger partial charge is 0.435 e. The second-order valence-electron chi connectivity index (χ2n) is 6.94. The largest absolute Gasteiger partial charge is 0.493 e. The number of aromatic nitrogens is 2. The first-order valence-electron chi connectivity index (χ1n) is 9.38. The molecule has 4 rings (SSSR count). The van der Waals surface area contributed by atoms with Gasteiger partial charge in [0, 0.05) is 11.8 Å². The van der Waals surface area contributed by atoms with Crippen molar-refractivity contribution in [3.63, 3.8) is 0 Å². The maximum absolute atomic E-state index is 13.5. The van der Waals surface area contributed by atoms with Crippen molar-refractivity contribution in [2.24, 2.45) is 0 Å². The minimum absolute atomic E-state index is 0.140. The van der Waals surface area contributed by atoms with Crippen LogP contribution in [0.5, 0.6) is 17.4 Å². The number of ether oxygens (including phenoxy) is 2. The number of rotatable bonds is 5. The molecule has 0 saturated heterocycles. The van der Waals surface area contributed by atoms with Crippen molar-refractivity contribution in [2.75, 3.05) is 12.4 Å². The molecule has 0 unspecified atom stereocenters. The van der Waals surface area contributed by atoms with Crippen LogP contribution in [0.25, 0.3) is 0 Å². The fourth-order valence-corrected chi connectivity index (χ4v) is 4.22. The van der Waals surface area contributed by atoms with Gasteiger partial charge in [0.2, 0.25) is 0 Å². The minimum atomic E-state index is -4.96. The van der Waals surface area contributed by atoms with Gasteiger partial charge in [-0.25, -0.2) is 17.5 Å². The minimum Gasteiger partial charge on any atom is -0.493 e. The molecule has 2 amide bonds. The zero-order chi connectivity index (χ0) is 25.5. The number of carbonyl (C=O) groups is 2. The fourth-order valence-electron chi connectivity index (χ4n) is 3.03. The second-order valence-corrected chi connectivity index (χ2v) is 8.59. The van der Waals surface area contributed by atoms with Gasteiger partial charge in [-0.2, -0.15) is 13.2 Å². The van der Waals surface area contributed by atoms with Crippen molar-refractivity contribution in [1.29, 1.82) is 0 Å². The van der Waals surface area contributed by atoms with Crippen LogP contribution in [0.2, 0.25) is 0 Å². The third kappa shape index (κ3) is 4.70. The van der Waals surface area contributed by atoms with E-state index in [1.165, 1.54) is 13.2 Å². The molecule has 10 nitrogen and oxygen atoms in total. The highest BCUT2D eigenvalue weighted by Gasteiger charge is 2.36. The molecule has 0 aliphatic carbocycles. The molecule has 0 bridgehead atoms. The van der Waals surface area contributed by atoms with E-state index in [0.29, 0.717) is 6.07 Å². The summed E-state index contributed by atoms with van der Waals surface area (Å²) in [5.41, 5.74) is -2.55. The molecule has 3 aromatic rings. The Morgan fingerprint density at radius 3 is 2.49 bits per heavy atom. The highest BCUT2D eigenvalue weighted by atomic mass is 32.2. The molecule has 0 fully saturated rings. The molecular formula is C20H12F4N4O6S. The zero-order valence-electron chi connectivity index (χ0n) is 17.3. The summed E-state index contributed by atoms with van der Waals surface area (Å²) in [5, 5.41) is 8.60. The lowest BCUT2D eigenvalue weighted by atomic mass is 10.2. The number of methoxy groups -OCH3 is 1. The van der Waals surface area contributed by atoms with Gasteiger partial charge in [-0.05, 0) is 36.4 Å². The van der Waals surface area contributed by atoms with Gasteiger partial charge in [-0.3, -0.25) is 9.59 Å². The van der Waals surface area contributed by atoms with Crippen LogP contribution < -0.4 is 19.5 Å². The van der Waals surface area contributed by atoms with Gasteiger partial charge in [0.15, 0.2) is 17.2 Å². The number of nitrogens with zero attached hydrogens (tertiary/aromatic N) is 2. The number of hydrogen-bond donors (Lipinski definition) is 2. The van der Waals surface area contributed by atoms with Crippen LogP contribution in [0.15, 0.2) is 47.4 Å². The molecule has 0 radical (unpaired) electrons. The lowest BCUT2D eigenvalue weighted by Gasteiger charge is -2.14. The predicted molar refractivity (Wildman–Crippen MR) is 109 cm³/mol. The summed E-state index contributed by atoms with van der Waals surface area (Å²) < 4.78 is 89.2. The first kappa shape index (κ1) is 23.9. The Kier molecular flexibility index (Phi) is 5.80. The SMILES string of the molecule is COc1cc(F)ccc1Oc1nnc(C(F)(F)F)cc1C(=O)Nc1ccc2c(c1)S(=O)(=O)NC2=O. The van der Waals surface area contributed by atoms with Crippen LogP contribution in [0.4, 0.5) is 23.2 Å². The molecular weight excluding hydrogens is 500 g/mol. The lowest BCUT2D eigenvalue weighted by molar-refractivity contribution is -0.141. The van der Waals surface area contributed by atoms with E-state index < -0.39 is 55.9 Å². The van der Waals surface area contributed by atoms with Gasteiger partial charge in [0.25, 0.3) is 27.7 Å². The van der Waals surface area contributed by atoms with Gasteiger partial charge >= 0.3 is 6.18 Å². The second kappa shape index (κ2) is 8.50. The average Bonchev–Trinajstić information content (AvgIpc) is 3.02. The summed E-state index contributed by atoms with van der Waals surface area (Å²) in [6, 6.07) is 6.66. The van der Waals surface area contributed by atoms with Gasteiger partial charge in [-0.1, -0.05) is 0 Å². The van der Waals surface area contributed by atoms with E-state index in [0.717, 1.165) is 30.3 Å². The first-order chi connectivity index (χ1) is 16.4. The molecule has 0 spiro atoms. The number of hydrogen-bond acceptors (Lipinski definition) is 8. The molecule has 2 N–H and O–H groups in total. The highest BCUT2D eigenvalue weighted by Crippen LogP contribution is 2.35. The molecule has 2 heterocycles. The first-order valence-corrected chi connectivity index (χ1v) is 10.9. The van der Waals surface area contributed by atoms with Crippen molar-refractivity contribution >= 4 is 27.5 Å². The van der Waals surface area contributed by atoms with Crippen LogP contribution in [-0.2, 0) is 16.2 Å². The van der Waals surface area contributed by atoms with Gasteiger partial charge < -0.3 is 14.8 Å².